The SMILES string of the molecule is Cc1ccc(-c2nc(-c3c[nH]c4ncc(Cl)nc34)nc(NC3CC4CCC3CC4)c2F)s1. The molecule has 9 heteroatoms. The zero-order valence-corrected chi connectivity index (χ0v) is 19.1. The summed E-state index contributed by atoms with van der Waals surface area (Å²) in [5, 5.41) is 3.75. The molecular weight excluding hydrogens is 447 g/mol. The van der Waals surface area contributed by atoms with Gasteiger partial charge >= 0.3 is 0 Å². The van der Waals surface area contributed by atoms with Crippen molar-refractivity contribution in [2.45, 2.75) is 45.1 Å². The predicted molar refractivity (Wildman–Crippen MR) is 125 cm³/mol. The summed E-state index contributed by atoms with van der Waals surface area (Å²) in [6.45, 7) is 2.00. The van der Waals surface area contributed by atoms with Gasteiger partial charge in [0.2, 0.25) is 0 Å². The maximum Gasteiger partial charge on any atom is 0.192 e. The zero-order chi connectivity index (χ0) is 21.8. The van der Waals surface area contributed by atoms with E-state index in [-0.39, 0.29) is 17.0 Å². The molecule has 4 heterocycles. The highest BCUT2D eigenvalue weighted by molar-refractivity contribution is 7.15. The molecule has 3 aliphatic carbocycles. The van der Waals surface area contributed by atoms with Gasteiger partial charge in [0, 0.05) is 17.1 Å². The number of aryl methyl sites for hydroxylation is 1. The van der Waals surface area contributed by atoms with Gasteiger partial charge in [-0.15, -0.1) is 11.3 Å². The minimum Gasteiger partial charge on any atom is -0.364 e. The quantitative estimate of drug-likeness (QED) is 0.371. The number of rotatable bonds is 4. The van der Waals surface area contributed by atoms with Crippen LogP contribution in [0.25, 0.3) is 33.1 Å². The Hall–Kier alpha value is -2.58. The molecule has 0 spiro atoms. The molecule has 2 N–H and O–H groups in total. The van der Waals surface area contributed by atoms with E-state index < -0.39 is 5.82 Å². The number of nitrogens with zero attached hydrogens (tertiary/aromatic N) is 4. The van der Waals surface area contributed by atoms with Crippen LogP contribution in [0, 0.1) is 24.6 Å². The van der Waals surface area contributed by atoms with Crippen LogP contribution in [0.2, 0.25) is 5.15 Å². The smallest absolute Gasteiger partial charge is 0.192 e. The van der Waals surface area contributed by atoms with E-state index in [9.17, 15) is 0 Å². The first-order chi connectivity index (χ1) is 15.5. The van der Waals surface area contributed by atoms with Gasteiger partial charge in [-0.1, -0.05) is 24.4 Å². The Bertz CT molecular complexity index is 1310. The topological polar surface area (TPSA) is 79.4 Å². The molecule has 0 aromatic carbocycles. The van der Waals surface area contributed by atoms with Crippen LogP contribution >= 0.6 is 22.9 Å². The van der Waals surface area contributed by atoms with Gasteiger partial charge in [-0.05, 0) is 50.2 Å². The fraction of sp³-hybridized carbons (Fsp3) is 0.391. The number of nitrogens with one attached hydrogen (secondary N) is 2. The van der Waals surface area contributed by atoms with Crippen molar-refractivity contribution in [2.75, 3.05) is 5.32 Å². The van der Waals surface area contributed by atoms with Gasteiger partial charge < -0.3 is 10.3 Å². The van der Waals surface area contributed by atoms with E-state index in [0.29, 0.717) is 34.2 Å². The first-order valence-corrected chi connectivity index (χ1v) is 12.2. The molecule has 1 unspecified atom stereocenters. The molecule has 32 heavy (non-hydrogen) atoms. The number of thiophene rings is 1. The number of hydrogen-bond donors (Lipinski definition) is 2. The van der Waals surface area contributed by atoms with Gasteiger partial charge in [0.1, 0.15) is 16.4 Å². The summed E-state index contributed by atoms with van der Waals surface area (Å²) >= 11 is 7.61. The zero-order valence-electron chi connectivity index (χ0n) is 17.5. The number of aromatic amines is 1. The van der Waals surface area contributed by atoms with Crippen LogP contribution in [-0.4, -0.2) is 31.0 Å². The number of H-pyrrole nitrogens is 1. The molecule has 3 saturated carbocycles. The third-order valence-electron chi connectivity index (χ3n) is 6.79. The van der Waals surface area contributed by atoms with Gasteiger partial charge in [0.15, 0.2) is 23.1 Å². The van der Waals surface area contributed by atoms with Crippen LogP contribution < -0.4 is 5.32 Å². The van der Waals surface area contributed by atoms with E-state index in [2.05, 4.69) is 30.2 Å². The van der Waals surface area contributed by atoms with Crippen LogP contribution in [0.3, 0.4) is 0 Å². The molecule has 0 amide bonds. The summed E-state index contributed by atoms with van der Waals surface area (Å²) in [5.74, 6) is 1.56. The van der Waals surface area contributed by atoms with Crippen LogP contribution in [-0.2, 0) is 0 Å². The van der Waals surface area contributed by atoms with Crippen LogP contribution in [0.4, 0.5) is 10.2 Å². The summed E-state index contributed by atoms with van der Waals surface area (Å²) in [5.41, 5.74) is 2.11. The molecule has 0 radical (unpaired) electrons. The molecule has 0 saturated heterocycles. The van der Waals surface area contributed by atoms with Crippen molar-refractivity contribution in [2.24, 2.45) is 11.8 Å². The van der Waals surface area contributed by atoms with Crippen molar-refractivity contribution in [3.63, 3.8) is 0 Å². The van der Waals surface area contributed by atoms with Gasteiger partial charge in [-0.2, -0.15) is 0 Å². The second-order valence-electron chi connectivity index (χ2n) is 8.83. The third kappa shape index (κ3) is 3.46. The Morgan fingerprint density at radius 2 is 2.00 bits per heavy atom. The number of anilines is 1. The average Bonchev–Trinajstić information content (AvgIpc) is 3.42. The summed E-state index contributed by atoms with van der Waals surface area (Å²) in [6.07, 6.45) is 9.30. The Morgan fingerprint density at radius 3 is 2.72 bits per heavy atom. The first-order valence-electron chi connectivity index (χ1n) is 11.0. The molecule has 6 nitrogen and oxygen atoms in total. The molecule has 4 aromatic rings. The Morgan fingerprint density at radius 1 is 1.16 bits per heavy atom. The lowest BCUT2D eigenvalue weighted by Gasteiger charge is -2.42. The fourth-order valence-electron chi connectivity index (χ4n) is 5.16. The second-order valence-corrected chi connectivity index (χ2v) is 10.5. The highest BCUT2D eigenvalue weighted by atomic mass is 35.5. The van der Waals surface area contributed by atoms with Gasteiger partial charge in [0.05, 0.1) is 16.6 Å². The fourth-order valence-corrected chi connectivity index (χ4v) is 6.14. The minimum absolute atomic E-state index is 0.245. The normalized spacial score (nSPS) is 22.5. The van der Waals surface area contributed by atoms with Crippen molar-refractivity contribution in [1.82, 2.24) is 24.9 Å². The lowest BCUT2D eigenvalue weighted by molar-refractivity contribution is 0.157. The number of fused-ring (bicyclic) bond motifs is 4. The molecular formula is C23H22ClFN6S. The molecule has 3 aliphatic rings. The Labute approximate surface area is 193 Å². The highest BCUT2D eigenvalue weighted by Gasteiger charge is 2.36. The molecule has 2 bridgehead atoms. The average molecular weight is 469 g/mol. The van der Waals surface area contributed by atoms with Crippen molar-refractivity contribution in [3.8, 4) is 22.0 Å². The van der Waals surface area contributed by atoms with Crippen molar-refractivity contribution >= 4 is 39.9 Å². The summed E-state index contributed by atoms with van der Waals surface area (Å²) < 4.78 is 15.7. The number of aromatic nitrogens is 5. The molecule has 3 fully saturated rings. The van der Waals surface area contributed by atoms with Crippen LogP contribution in [0.1, 0.15) is 37.0 Å². The van der Waals surface area contributed by atoms with E-state index in [4.69, 9.17) is 11.6 Å². The van der Waals surface area contributed by atoms with E-state index in [1.807, 2.05) is 19.1 Å². The number of hydrogen-bond acceptors (Lipinski definition) is 6. The van der Waals surface area contributed by atoms with E-state index in [1.165, 1.54) is 43.2 Å². The summed E-state index contributed by atoms with van der Waals surface area (Å²) in [6, 6.07) is 4.13. The molecule has 4 aromatic heterocycles. The highest BCUT2D eigenvalue weighted by Crippen LogP contribution is 2.43. The van der Waals surface area contributed by atoms with Crippen molar-refractivity contribution in [3.05, 3.63) is 40.4 Å². The van der Waals surface area contributed by atoms with Crippen molar-refractivity contribution in [1.29, 1.82) is 0 Å². The largest absolute Gasteiger partial charge is 0.364 e. The standard InChI is InChI=1S/C23H22ClFN6S/c1-11-2-7-16(32-11)20-18(25)22(28-15-8-12-3-5-13(15)6-4-12)31-21(30-20)14-9-26-23-19(14)29-17(24)10-27-23/h2,7,9-10,12-13,15H,3-6,8H2,1H3,(H,26,27)(H,28,30,31). The minimum atomic E-state index is -0.402. The Kier molecular flexibility index (Phi) is 4.87. The van der Waals surface area contributed by atoms with Crippen molar-refractivity contribution < 1.29 is 4.39 Å². The predicted octanol–water partition coefficient (Wildman–Crippen LogP) is 6.23. The first kappa shape index (κ1) is 20.1. The molecule has 164 valence electrons. The number of halogens is 2. The lowest BCUT2D eigenvalue weighted by Crippen LogP contribution is -2.40. The monoisotopic (exact) mass is 468 g/mol. The maximum absolute atomic E-state index is 15.7. The van der Waals surface area contributed by atoms with Gasteiger partial charge in [-0.3, -0.25) is 0 Å². The lowest BCUT2D eigenvalue weighted by atomic mass is 9.68. The summed E-state index contributed by atoms with van der Waals surface area (Å²) in [4.78, 5) is 22.9. The maximum atomic E-state index is 15.7. The van der Waals surface area contributed by atoms with E-state index in [0.717, 1.165) is 22.1 Å². The molecule has 0 aliphatic heterocycles. The van der Waals surface area contributed by atoms with Crippen LogP contribution in [0.5, 0.6) is 0 Å². The summed E-state index contributed by atoms with van der Waals surface area (Å²) in [7, 11) is 0. The van der Waals surface area contributed by atoms with E-state index in [1.54, 1.807) is 6.20 Å². The Balaban J connectivity index is 1.48. The second kappa shape index (κ2) is 7.78. The van der Waals surface area contributed by atoms with Gasteiger partial charge in [-0.25, -0.2) is 24.3 Å². The van der Waals surface area contributed by atoms with Crippen LogP contribution in [0.15, 0.2) is 24.5 Å². The third-order valence-corrected chi connectivity index (χ3v) is 7.98. The molecule has 1 atom stereocenters. The molecule has 7 rings (SSSR count). The van der Waals surface area contributed by atoms with Gasteiger partial charge in [0.25, 0.3) is 0 Å². The van der Waals surface area contributed by atoms with E-state index >= 15 is 4.39 Å².